The van der Waals surface area contributed by atoms with Crippen molar-refractivity contribution in [3.63, 3.8) is 0 Å². The Morgan fingerprint density at radius 1 is 1.64 bits per heavy atom. The fourth-order valence-electron chi connectivity index (χ4n) is 0.339. The topological polar surface area (TPSA) is 58.6 Å². The van der Waals surface area contributed by atoms with Gasteiger partial charge in [0.1, 0.15) is 0 Å². The van der Waals surface area contributed by atoms with Crippen molar-refractivity contribution < 1.29 is 69.9 Å². The van der Waals surface area contributed by atoms with Crippen molar-refractivity contribution in [3.05, 3.63) is 12.7 Å². The molecule has 0 amide bonds. The van der Waals surface area contributed by atoms with Gasteiger partial charge in [0, 0.05) is 0 Å². The van der Waals surface area contributed by atoms with Crippen molar-refractivity contribution in [2.45, 2.75) is 6.92 Å². The SMILES string of the molecule is C=CCOP(=O)([O-])OCC.[K+]. The van der Waals surface area contributed by atoms with Gasteiger partial charge in [-0.25, -0.2) is 0 Å². The quantitative estimate of drug-likeness (QED) is 0.287. The third kappa shape index (κ3) is 9.40. The van der Waals surface area contributed by atoms with E-state index in [1.165, 1.54) is 6.08 Å². The molecule has 0 bridgehead atoms. The van der Waals surface area contributed by atoms with Crippen LogP contribution in [0.15, 0.2) is 12.7 Å². The zero-order chi connectivity index (χ0) is 8.04. The molecule has 0 radical (unpaired) electrons. The van der Waals surface area contributed by atoms with Gasteiger partial charge in [-0.05, 0) is 6.92 Å². The van der Waals surface area contributed by atoms with E-state index in [-0.39, 0.29) is 64.6 Å². The molecule has 6 heteroatoms. The average Bonchev–Trinajstić information content (AvgIpc) is 1.84. The summed E-state index contributed by atoms with van der Waals surface area (Å²) < 4.78 is 19.1. The van der Waals surface area contributed by atoms with Crippen molar-refractivity contribution >= 4 is 7.82 Å². The molecule has 1 unspecified atom stereocenters. The molecule has 0 aliphatic heterocycles. The van der Waals surface area contributed by atoms with Crippen molar-refractivity contribution in [1.29, 1.82) is 0 Å². The van der Waals surface area contributed by atoms with Crippen LogP contribution in [-0.2, 0) is 13.6 Å². The van der Waals surface area contributed by atoms with E-state index >= 15 is 0 Å². The van der Waals surface area contributed by atoms with Gasteiger partial charge in [-0.3, -0.25) is 4.57 Å². The summed E-state index contributed by atoms with van der Waals surface area (Å²) in [7, 11) is -4.03. The number of hydrogen-bond donors (Lipinski definition) is 0. The van der Waals surface area contributed by atoms with Gasteiger partial charge >= 0.3 is 51.4 Å². The molecule has 0 aliphatic carbocycles. The molecule has 11 heavy (non-hydrogen) atoms. The zero-order valence-corrected chi connectivity index (χ0v) is 10.8. The third-order valence-corrected chi connectivity index (χ3v) is 1.68. The van der Waals surface area contributed by atoms with Gasteiger partial charge in [0.25, 0.3) is 7.82 Å². The van der Waals surface area contributed by atoms with E-state index in [4.69, 9.17) is 0 Å². The minimum Gasteiger partial charge on any atom is -0.756 e. The Hall–Kier alpha value is 1.49. The van der Waals surface area contributed by atoms with Crippen LogP contribution in [0.5, 0.6) is 0 Å². The molecule has 0 aromatic carbocycles. The molecule has 0 aliphatic rings. The Kier molecular flexibility index (Phi) is 11.0. The summed E-state index contributed by atoms with van der Waals surface area (Å²) in [4.78, 5) is 10.5. The molecule has 0 N–H and O–H groups in total. The van der Waals surface area contributed by atoms with E-state index in [9.17, 15) is 9.46 Å². The first-order chi connectivity index (χ1) is 4.62. The maximum Gasteiger partial charge on any atom is 1.00 e. The second kappa shape index (κ2) is 8.10. The molecular weight excluding hydrogens is 194 g/mol. The first-order valence-corrected chi connectivity index (χ1v) is 4.29. The molecule has 4 nitrogen and oxygen atoms in total. The molecular formula is C5H10KO4P. The van der Waals surface area contributed by atoms with Crippen LogP contribution in [0.4, 0.5) is 0 Å². The molecule has 0 saturated heterocycles. The predicted octanol–water partition coefficient (Wildman–Crippen LogP) is -2.30. The van der Waals surface area contributed by atoms with Crippen molar-refractivity contribution in [3.8, 4) is 0 Å². The van der Waals surface area contributed by atoms with Gasteiger partial charge in [-0.2, -0.15) is 0 Å². The molecule has 0 spiro atoms. The summed E-state index contributed by atoms with van der Waals surface area (Å²) in [6.07, 6.45) is 1.34. The smallest absolute Gasteiger partial charge is 0.756 e. The first-order valence-electron chi connectivity index (χ1n) is 2.83. The summed E-state index contributed by atoms with van der Waals surface area (Å²) in [5.74, 6) is 0. The van der Waals surface area contributed by atoms with Gasteiger partial charge in [0.05, 0.1) is 13.2 Å². The van der Waals surface area contributed by atoms with Crippen LogP contribution >= 0.6 is 7.82 Å². The molecule has 0 heterocycles. The van der Waals surface area contributed by atoms with Crippen LogP contribution in [0, 0.1) is 0 Å². The molecule has 0 saturated carbocycles. The van der Waals surface area contributed by atoms with E-state index in [1.54, 1.807) is 6.92 Å². The maximum atomic E-state index is 10.5. The monoisotopic (exact) mass is 204 g/mol. The summed E-state index contributed by atoms with van der Waals surface area (Å²) >= 11 is 0. The normalized spacial score (nSPS) is 14.7. The van der Waals surface area contributed by atoms with E-state index in [2.05, 4.69) is 15.6 Å². The fraction of sp³-hybridized carbons (Fsp3) is 0.600. The van der Waals surface area contributed by atoms with E-state index in [0.29, 0.717) is 0 Å². The maximum absolute atomic E-state index is 10.5. The first kappa shape index (κ1) is 15.0. The summed E-state index contributed by atoms with van der Waals surface area (Å²) in [6, 6.07) is 0. The van der Waals surface area contributed by atoms with Crippen molar-refractivity contribution in [2.75, 3.05) is 13.2 Å². The average molecular weight is 204 g/mol. The van der Waals surface area contributed by atoms with Crippen LogP contribution < -0.4 is 56.3 Å². The Labute approximate surface area is 109 Å². The van der Waals surface area contributed by atoms with Gasteiger partial charge in [-0.1, -0.05) is 6.08 Å². The molecule has 0 aromatic heterocycles. The Morgan fingerprint density at radius 2 is 2.18 bits per heavy atom. The standard InChI is InChI=1S/C5H11O4P.K/c1-3-5-9-10(6,7)8-4-2;/h3H,1,4-5H2,2H3,(H,6,7);/q;+1/p-1. The van der Waals surface area contributed by atoms with Crippen molar-refractivity contribution in [2.24, 2.45) is 0 Å². The van der Waals surface area contributed by atoms with Gasteiger partial charge in [-0.15, -0.1) is 6.58 Å². The van der Waals surface area contributed by atoms with Crippen molar-refractivity contribution in [1.82, 2.24) is 0 Å². The van der Waals surface area contributed by atoms with Crippen LogP contribution in [0.1, 0.15) is 6.92 Å². The third-order valence-electron chi connectivity index (χ3n) is 0.638. The second-order valence-corrected chi connectivity index (χ2v) is 2.86. The van der Waals surface area contributed by atoms with E-state index in [0.717, 1.165) is 0 Å². The molecule has 0 aromatic rings. The second-order valence-electron chi connectivity index (χ2n) is 1.45. The minimum absolute atomic E-state index is 0. The van der Waals surface area contributed by atoms with Crippen LogP contribution in [0.3, 0.4) is 0 Å². The Bertz CT molecular complexity index is 149. The van der Waals surface area contributed by atoms with Crippen LogP contribution in [-0.4, -0.2) is 13.2 Å². The van der Waals surface area contributed by atoms with Crippen LogP contribution in [0.2, 0.25) is 0 Å². The summed E-state index contributed by atoms with van der Waals surface area (Å²) in [6.45, 7) is 4.91. The number of hydrogen-bond acceptors (Lipinski definition) is 4. The van der Waals surface area contributed by atoms with Crippen LogP contribution in [0.25, 0.3) is 0 Å². The fourth-order valence-corrected chi connectivity index (χ4v) is 1.02. The Balaban J connectivity index is 0. The molecule has 0 fully saturated rings. The van der Waals surface area contributed by atoms with Gasteiger partial charge in [0.2, 0.25) is 0 Å². The summed E-state index contributed by atoms with van der Waals surface area (Å²) in [5, 5.41) is 0. The number of phosphoric ester groups is 1. The Morgan fingerprint density at radius 3 is 2.55 bits per heavy atom. The molecule has 60 valence electrons. The number of phosphoric acid groups is 1. The zero-order valence-electron chi connectivity index (χ0n) is 6.78. The summed E-state index contributed by atoms with van der Waals surface area (Å²) in [5.41, 5.74) is 0. The number of rotatable bonds is 5. The molecule has 1 atom stereocenters. The predicted molar refractivity (Wildman–Crippen MR) is 35.4 cm³/mol. The van der Waals surface area contributed by atoms with Gasteiger partial charge in [0.15, 0.2) is 0 Å². The minimum atomic E-state index is -4.03. The van der Waals surface area contributed by atoms with Gasteiger partial charge < -0.3 is 13.9 Å². The van der Waals surface area contributed by atoms with E-state index < -0.39 is 7.82 Å². The largest absolute Gasteiger partial charge is 1.00 e. The molecule has 0 rings (SSSR count). The van der Waals surface area contributed by atoms with E-state index in [1.807, 2.05) is 0 Å².